The molecule has 2 aromatic heterocycles. The van der Waals surface area contributed by atoms with Crippen molar-refractivity contribution < 1.29 is 4.79 Å². The number of carbonyl (C=O) groups excluding carboxylic acids is 1. The van der Waals surface area contributed by atoms with Gasteiger partial charge < -0.3 is 4.90 Å². The van der Waals surface area contributed by atoms with Gasteiger partial charge in [0.2, 0.25) is 10.9 Å². The van der Waals surface area contributed by atoms with Crippen molar-refractivity contribution >= 4 is 22.2 Å². The number of benzene rings is 1. The van der Waals surface area contributed by atoms with Gasteiger partial charge in [0.1, 0.15) is 5.01 Å². The third kappa shape index (κ3) is 4.89. The standard InChI is InChI=1S/C21H25N5O2S/c1-16-23-26-20(28)14-18(22-21(26)29-16)15-24-10-12-25(13-11-24)19(27)9-5-8-17-6-3-2-4-7-17/h2-4,6-7,14H,5,8-13,15H2,1H3. The van der Waals surface area contributed by atoms with E-state index in [9.17, 15) is 9.59 Å². The summed E-state index contributed by atoms with van der Waals surface area (Å²) in [7, 11) is 0. The van der Waals surface area contributed by atoms with Crippen molar-refractivity contribution in [1.82, 2.24) is 24.4 Å². The molecule has 1 aliphatic heterocycles. The predicted molar refractivity (Wildman–Crippen MR) is 113 cm³/mol. The Morgan fingerprint density at radius 1 is 1.14 bits per heavy atom. The van der Waals surface area contributed by atoms with Crippen molar-refractivity contribution in [3.05, 3.63) is 63.0 Å². The van der Waals surface area contributed by atoms with Crippen LogP contribution in [0.4, 0.5) is 0 Å². The summed E-state index contributed by atoms with van der Waals surface area (Å²) >= 11 is 1.42. The van der Waals surface area contributed by atoms with E-state index in [-0.39, 0.29) is 11.5 Å². The molecule has 0 spiro atoms. The lowest BCUT2D eigenvalue weighted by molar-refractivity contribution is -0.133. The molecule has 0 aliphatic carbocycles. The fourth-order valence-electron chi connectivity index (χ4n) is 3.66. The maximum absolute atomic E-state index is 12.5. The molecule has 8 heteroatoms. The molecule has 0 bridgehead atoms. The third-order valence-electron chi connectivity index (χ3n) is 5.21. The Kier molecular flexibility index (Phi) is 6.01. The van der Waals surface area contributed by atoms with Gasteiger partial charge in [-0.1, -0.05) is 41.7 Å². The highest BCUT2D eigenvalue weighted by atomic mass is 32.1. The fourth-order valence-corrected chi connectivity index (χ4v) is 4.43. The summed E-state index contributed by atoms with van der Waals surface area (Å²) < 4.78 is 1.36. The highest BCUT2D eigenvalue weighted by molar-refractivity contribution is 7.16. The smallest absolute Gasteiger partial charge is 0.275 e. The number of aryl methyl sites for hydroxylation is 2. The van der Waals surface area contributed by atoms with Crippen molar-refractivity contribution in [2.75, 3.05) is 26.2 Å². The van der Waals surface area contributed by atoms with Crippen molar-refractivity contribution in [2.24, 2.45) is 0 Å². The lowest BCUT2D eigenvalue weighted by atomic mass is 10.1. The van der Waals surface area contributed by atoms with Gasteiger partial charge in [0, 0.05) is 45.2 Å². The molecule has 0 radical (unpaired) electrons. The molecule has 152 valence electrons. The zero-order valence-electron chi connectivity index (χ0n) is 16.6. The number of hydrogen-bond acceptors (Lipinski definition) is 6. The van der Waals surface area contributed by atoms with Crippen LogP contribution in [0.5, 0.6) is 0 Å². The van der Waals surface area contributed by atoms with Crippen LogP contribution < -0.4 is 5.56 Å². The van der Waals surface area contributed by atoms with Crippen LogP contribution in [-0.2, 0) is 17.8 Å². The topological polar surface area (TPSA) is 70.8 Å². The number of hydrogen-bond donors (Lipinski definition) is 0. The van der Waals surface area contributed by atoms with Gasteiger partial charge in [-0.05, 0) is 25.3 Å². The van der Waals surface area contributed by atoms with E-state index in [4.69, 9.17) is 0 Å². The first kappa shape index (κ1) is 19.7. The maximum atomic E-state index is 12.5. The van der Waals surface area contributed by atoms with Gasteiger partial charge in [0.15, 0.2) is 0 Å². The Labute approximate surface area is 173 Å². The number of rotatable bonds is 6. The van der Waals surface area contributed by atoms with Crippen LogP contribution in [0.15, 0.2) is 41.2 Å². The van der Waals surface area contributed by atoms with Crippen LogP contribution in [0.2, 0.25) is 0 Å². The number of aromatic nitrogens is 3. The average Bonchev–Trinajstić information content (AvgIpc) is 3.10. The number of amides is 1. The second kappa shape index (κ2) is 8.84. The summed E-state index contributed by atoms with van der Waals surface area (Å²) in [5.41, 5.74) is 1.91. The van der Waals surface area contributed by atoms with Crippen molar-refractivity contribution in [2.45, 2.75) is 32.7 Å². The van der Waals surface area contributed by atoms with E-state index in [1.165, 1.54) is 21.4 Å². The van der Waals surface area contributed by atoms with E-state index in [0.717, 1.165) is 49.7 Å². The average molecular weight is 412 g/mol. The van der Waals surface area contributed by atoms with Crippen LogP contribution in [0.25, 0.3) is 4.96 Å². The van der Waals surface area contributed by atoms with Gasteiger partial charge in [-0.3, -0.25) is 14.5 Å². The van der Waals surface area contributed by atoms with E-state index >= 15 is 0 Å². The number of piperazine rings is 1. The zero-order chi connectivity index (χ0) is 20.2. The van der Waals surface area contributed by atoms with Gasteiger partial charge >= 0.3 is 0 Å². The third-order valence-corrected chi connectivity index (χ3v) is 6.03. The molecule has 3 aromatic rings. The molecule has 29 heavy (non-hydrogen) atoms. The SMILES string of the molecule is Cc1nn2c(=O)cc(CN3CCN(C(=O)CCCc4ccccc4)CC3)nc2s1. The molecule has 0 atom stereocenters. The van der Waals surface area contributed by atoms with Crippen molar-refractivity contribution in [3.63, 3.8) is 0 Å². The van der Waals surface area contributed by atoms with Gasteiger partial charge in [-0.25, -0.2) is 4.98 Å². The first-order chi connectivity index (χ1) is 14.1. The molecule has 1 aliphatic rings. The van der Waals surface area contributed by atoms with E-state index in [2.05, 4.69) is 27.1 Å². The van der Waals surface area contributed by atoms with Crippen LogP contribution in [0.3, 0.4) is 0 Å². The molecule has 1 saturated heterocycles. The second-order valence-electron chi connectivity index (χ2n) is 7.40. The largest absolute Gasteiger partial charge is 0.340 e. The molecule has 0 unspecified atom stereocenters. The fraction of sp³-hybridized carbons (Fsp3) is 0.429. The molecule has 7 nitrogen and oxygen atoms in total. The summed E-state index contributed by atoms with van der Waals surface area (Å²) in [5, 5.41) is 5.00. The van der Waals surface area contributed by atoms with Crippen LogP contribution in [-0.4, -0.2) is 56.5 Å². The minimum Gasteiger partial charge on any atom is -0.340 e. The first-order valence-electron chi connectivity index (χ1n) is 9.99. The second-order valence-corrected chi connectivity index (χ2v) is 8.56. The molecular weight excluding hydrogens is 386 g/mol. The van der Waals surface area contributed by atoms with Gasteiger partial charge in [0.05, 0.1) is 5.69 Å². The van der Waals surface area contributed by atoms with Crippen molar-refractivity contribution in [3.8, 4) is 0 Å². The van der Waals surface area contributed by atoms with Crippen LogP contribution >= 0.6 is 11.3 Å². The molecule has 0 saturated carbocycles. The molecule has 1 amide bonds. The van der Waals surface area contributed by atoms with E-state index in [1.54, 1.807) is 6.07 Å². The normalized spacial score (nSPS) is 15.1. The minimum atomic E-state index is -0.137. The number of fused-ring (bicyclic) bond motifs is 1. The summed E-state index contributed by atoms with van der Waals surface area (Å²) in [5.74, 6) is 0.235. The first-order valence-corrected chi connectivity index (χ1v) is 10.8. The number of nitrogens with zero attached hydrogens (tertiary/aromatic N) is 5. The highest BCUT2D eigenvalue weighted by Crippen LogP contribution is 2.13. The van der Waals surface area contributed by atoms with E-state index < -0.39 is 0 Å². The molecular formula is C21H25N5O2S. The Morgan fingerprint density at radius 3 is 2.66 bits per heavy atom. The van der Waals surface area contributed by atoms with E-state index in [0.29, 0.717) is 17.9 Å². The van der Waals surface area contributed by atoms with Crippen LogP contribution in [0, 0.1) is 6.92 Å². The lowest BCUT2D eigenvalue weighted by Gasteiger charge is -2.34. The lowest BCUT2D eigenvalue weighted by Crippen LogP contribution is -2.48. The molecule has 1 fully saturated rings. The summed E-state index contributed by atoms with van der Waals surface area (Å²) in [6.07, 6.45) is 2.41. The maximum Gasteiger partial charge on any atom is 0.275 e. The van der Waals surface area contributed by atoms with Gasteiger partial charge in [-0.15, -0.1) is 0 Å². The predicted octanol–water partition coefficient (Wildman–Crippen LogP) is 2.13. The molecule has 4 rings (SSSR count). The molecule has 0 N–H and O–H groups in total. The Bertz CT molecular complexity index is 1040. The molecule has 3 heterocycles. The van der Waals surface area contributed by atoms with Crippen LogP contribution in [0.1, 0.15) is 29.1 Å². The summed E-state index contributed by atoms with van der Waals surface area (Å²) in [6, 6.07) is 11.9. The molecule has 1 aromatic carbocycles. The van der Waals surface area contributed by atoms with E-state index in [1.807, 2.05) is 30.0 Å². The summed E-state index contributed by atoms with van der Waals surface area (Å²) in [4.78, 5) is 34.1. The monoisotopic (exact) mass is 411 g/mol. The summed E-state index contributed by atoms with van der Waals surface area (Å²) in [6.45, 7) is 5.55. The minimum absolute atomic E-state index is 0.137. The Balaban J connectivity index is 1.26. The van der Waals surface area contributed by atoms with Gasteiger partial charge in [0.25, 0.3) is 5.56 Å². The zero-order valence-corrected chi connectivity index (χ0v) is 17.4. The highest BCUT2D eigenvalue weighted by Gasteiger charge is 2.21. The number of carbonyl (C=O) groups is 1. The Hall–Kier alpha value is -2.58. The van der Waals surface area contributed by atoms with Gasteiger partial charge in [-0.2, -0.15) is 9.61 Å². The quantitative estimate of drug-likeness (QED) is 0.621. The van der Waals surface area contributed by atoms with Crippen molar-refractivity contribution in [1.29, 1.82) is 0 Å². The Morgan fingerprint density at radius 2 is 1.90 bits per heavy atom.